The molecule has 356 valence electrons. The lowest BCUT2D eigenvalue weighted by atomic mass is 9.36. The van der Waals surface area contributed by atoms with Gasteiger partial charge < -0.3 is 33.9 Å². The molecule has 0 aromatic heterocycles. The van der Waals surface area contributed by atoms with Crippen molar-refractivity contribution in [2.24, 2.45) is 27.1 Å². The highest BCUT2D eigenvalue weighted by Gasteiger charge is 2.72. The van der Waals surface area contributed by atoms with Gasteiger partial charge in [-0.15, -0.1) is 0 Å². The zero-order chi connectivity index (χ0) is 49.0. The van der Waals surface area contributed by atoms with Crippen molar-refractivity contribution in [3.05, 3.63) is 0 Å². The second-order valence-corrected chi connectivity index (χ2v) is 24.5. The molecule has 0 saturated carbocycles. The fraction of sp³-hybridized carbons (Fsp3) is 0.872. The van der Waals surface area contributed by atoms with E-state index in [9.17, 15) is 24.3 Å². The van der Waals surface area contributed by atoms with Crippen LogP contribution in [0, 0.1) is 27.1 Å². The number of carbonyl (C=O) groups excluding carboxylic acids is 6. The number of amides is 2. The third-order valence-electron chi connectivity index (χ3n) is 10.4. The van der Waals surface area contributed by atoms with Gasteiger partial charge in [0.2, 0.25) is 11.8 Å². The molecular weight excluding hydrogens is 783 g/mol. The number of nitrogens with zero attached hydrogens (tertiary/aromatic N) is 3. The molecule has 0 spiro atoms. The monoisotopic (exact) mass is 870 g/mol. The Morgan fingerprint density at radius 1 is 0.361 bits per heavy atom. The van der Waals surface area contributed by atoms with E-state index in [4.69, 9.17) is 18.9 Å². The molecule has 0 bridgehead atoms. The normalized spacial score (nSPS) is 14.0. The highest BCUT2D eigenvalue weighted by Crippen LogP contribution is 2.69. The first kappa shape index (κ1) is 57.7. The molecule has 14 nitrogen and oxygen atoms in total. The summed E-state index contributed by atoms with van der Waals surface area (Å²) in [4.78, 5) is 87.8. The van der Waals surface area contributed by atoms with Crippen LogP contribution >= 0.6 is 0 Å². The van der Waals surface area contributed by atoms with Crippen molar-refractivity contribution in [1.29, 1.82) is 0 Å². The summed E-state index contributed by atoms with van der Waals surface area (Å²) >= 11 is 0. The lowest BCUT2D eigenvalue weighted by Gasteiger charge is -2.74. The van der Waals surface area contributed by atoms with Gasteiger partial charge in [-0.2, -0.15) is 0 Å². The minimum Gasteiger partial charge on any atom is -0.459 e. The highest BCUT2D eigenvalue weighted by molar-refractivity contribution is 5.89. The number of rotatable bonds is 15. The van der Waals surface area contributed by atoms with Gasteiger partial charge >= 0.3 is 23.9 Å². The maximum Gasteiger partial charge on any atom is 0.326 e. The fourth-order valence-electron chi connectivity index (χ4n) is 9.83. The molecule has 61 heavy (non-hydrogen) atoms. The molecule has 0 aliphatic carbocycles. The van der Waals surface area contributed by atoms with Gasteiger partial charge in [0.25, 0.3) is 0 Å². The zero-order valence-corrected chi connectivity index (χ0v) is 42.8. The van der Waals surface area contributed by atoms with Crippen molar-refractivity contribution >= 4 is 35.7 Å². The average Bonchev–Trinajstić information content (AvgIpc) is 2.91. The maximum atomic E-state index is 15.1. The first-order chi connectivity index (χ1) is 26.7. The first-order valence-electron chi connectivity index (χ1n) is 21.5. The fourth-order valence-corrected chi connectivity index (χ4v) is 9.83. The molecular formula is C47H87N3O11. The molecule has 0 aromatic carbocycles. The van der Waals surface area contributed by atoms with Gasteiger partial charge in [0.1, 0.15) is 48.6 Å². The van der Waals surface area contributed by atoms with E-state index < -0.39 is 130 Å². The van der Waals surface area contributed by atoms with Gasteiger partial charge in [-0.1, -0.05) is 83.1 Å². The number of esters is 4. The molecule has 1 N–H and O–H groups in total. The van der Waals surface area contributed by atoms with Gasteiger partial charge in [-0.05, 0) is 105 Å². The number of hydrogen-bond donors (Lipinski definition) is 1. The SMILES string of the molecule is CC(C)(C)OC(=O)CN(CC(=O)OC(C)(C)C)C(=O)CN(CC(=O)N(CC(=O)OC(C)(C)C)CC(=O)OC(C)(C)C)C(C(C)(C)C)(C(C)(C)C)C(CO)(C(C)(C)C)C(C)(C)C. The van der Waals surface area contributed by atoms with E-state index in [1.165, 1.54) is 0 Å². The van der Waals surface area contributed by atoms with Crippen LogP contribution in [0.2, 0.25) is 0 Å². The summed E-state index contributed by atoms with van der Waals surface area (Å²) in [5.74, 6) is -4.47. The van der Waals surface area contributed by atoms with Crippen LogP contribution in [0.25, 0.3) is 0 Å². The number of aliphatic hydroxyl groups excluding tert-OH is 1. The van der Waals surface area contributed by atoms with Crippen LogP contribution < -0.4 is 0 Å². The predicted molar refractivity (Wildman–Crippen MR) is 238 cm³/mol. The summed E-state index contributed by atoms with van der Waals surface area (Å²) in [5.41, 5.74) is -9.29. The van der Waals surface area contributed by atoms with Crippen molar-refractivity contribution in [1.82, 2.24) is 14.7 Å². The van der Waals surface area contributed by atoms with Gasteiger partial charge in [0.15, 0.2) is 0 Å². The third-order valence-corrected chi connectivity index (χ3v) is 10.4. The van der Waals surface area contributed by atoms with Crippen molar-refractivity contribution in [3.8, 4) is 0 Å². The van der Waals surface area contributed by atoms with E-state index in [0.717, 1.165) is 9.80 Å². The van der Waals surface area contributed by atoms with Gasteiger partial charge in [0, 0.05) is 11.0 Å². The van der Waals surface area contributed by atoms with Crippen LogP contribution in [-0.2, 0) is 47.7 Å². The summed E-state index contributed by atoms with van der Waals surface area (Å²) in [6.07, 6.45) is 0. The summed E-state index contributed by atoms with van der Waals surface area (Å²) in [7, 11) is 0. The van der Waals surface area contributed by atoms with Gasteiger partial charge in [0.05, 0.1) is 19.7 Å². The standard InChI is InChI=1S/C47H87N3O11/c1-38(2,3)46(31-51,39(4,5)6)47(40(7,8)9,41(10,11)12)50(25-32(52)48(27-34(54)58-42(13,14)15)28-35(55)59-43(16,17)18)26-33(53)49(29-36(56)60-44(19,20)21)30-37(57)61-45(22,23)24/h51H,25-31H2,1-24H3. The van der Waals surface area contributed by atoms with Crippen molar-refractivity contribution in [2.45, 2.75) is 194 Å². The molecule has 14 heteroatoms. The molecule has 0 aliphatic rings. The van der Waals surface area contributed by atoms with E-state index in [1.54, 1.807) is 88.0 Å². The predicted octanol–water partition coefficient (Wildman–Crippen LogP) is 7.21. The number of ether oxygens (including phenoxy) is 4. The second-order valence-electron chi connectivity index (χ2n) is 24.5. The van der Waals surface area contributed by atoms with Crippen LogP contribution in [0.1, 0.15) is 166 Å². The van der Waals surface area contributed by atoms with Crippen LogP contribution in [0.5, 0.6) is 0 Å². The molecule has 0 heterocycles. The van der Waals surface area contributed by atoms with E-state index in [-0.39, 0.29) is 6.61 Å². The van der Waals surface area contributed by atoms with E-state index >= 15 is 9.59 Å². The summed E-state index contributed by atoms with van der Waals surface area (Å²) < 4.78 is 22.4. The van der Waals surface area contributed by atoms with Crippen molar-refractivity contribution < 1.29 is 52.8 Å². The molecule has 0 atom stereocenters. The van der Waals surface area contributed by atoms with Crippen molar-refractivity contribution in [2.75, 3.05) is 45.9 Å². The van der Waals surface area contributed by atoms with Crippen LogP contribution in [0.4, 0.5) is 0 Å². The Hall–Kier alpha value is -3.26. The molecule has 0 rings (SSSR count). The average molecular weight is 870 g/mol. The third kappa shape index (κ3) is 16.1. The topological polar surface area (TPSA) is 169 Å². The zero-order valence-electron chi connectivity index (χ0n) is 42.8. The van der Waals surface area contributed by atoms with Crippen LogP contribution in [0.15, 0.2) is 0 Å². The number of carbonyl (C=O) groups is 6. The van der Waals surface area contributed by atoms with Crippen molar-refractivity contribution in [3.63, 3.8) is 0 Å². The second kappa shape index (κ2) is 19.6. The van der Waals surface area contributed by atoms with Gasteiger partial charge in [-0.3, -0.25) is 33.7 Å². The van der Waals surface area contributed by atoms with Crippen LogP contribution in [0.3, 0.4) is 0 Å². The Morgan fingerprint density at radius 2 is 0.574 bits per heavy atom. The molecule has 0 aliphatic heterocycles. The lowest BCUT2D eigenvalue weighted by molar-refractivity contribution is -0.264. The molecule has 0 unspecified atom stereocenters. The molecule has 0 fully saturated rings. The Balaban J connectivity index is 8.56. The molecule has 0 aromatic rings. The number of aliphatic hydroxyl groups is 1. The molecule has 2 amide bonds. The summed E-state index contributed by atoms with van der Waals surface area (Å²) in [6, 6.07) is 0. The largest absolute Gasteiger partial charge is 0.459 e. The Morgan fingerprint density at radius 3 is 0.721 bits per heavy atom. The van der Waals surface area contributed by atoms with E-state index in [1.807, 2.05) is 83.1 Å². The Kier molecular flexibility index (Phi) is 18.6. The lowest BCUT2D eigenvalue weighted by Crippen LogP contribution is -2.80. The minimum absolute atomic E-state index is 0.382. The van der Waals surface area contributed by atoms with E-state index in [0.29, 0.717) is 0 Å². The van der Waals surface area contributed by atoms with E-state index in [2.05, 4.69) is 0 Å². The van der Waals surface area contributed by atoms with Gasteiger partial charge in [-0.25, -0.2) is 0 Å². The Labute approximate surface area is 369 Å². The van der Waals surface area contributed by atoms with Crippen LogP contribution in [-0.4, -0.2) is 129 Å². The molecule has 0 radical (unpaired) electrons. The Bertz CT molecular complexity index is 1380. The minimum atomic E-state index is -1.32. The first-order valence-corrected chi connectivity index (χ1v) is 21.5. The summed E-state index contributed by atoms with van der Waals surface area (Å²) in [6.45, 7) is 40.5. The quantitative estimate of drug-likeness (QED) is 0.130. The molecule has 0 saturated heterocycles. The number of hydrogen-bond acceptors (Lipinski definition) is 12. The highest BCUT2D eigenvalue weighted by atomic mass is 16.6. The maximum absolute atomic E-state index is 15.1. The smallest absolute Gasteiger partial charge is 0.326 e. The summed E-state index contributed by atoms with van der Waals surface area (Å²) in [5, 5.41) is 12.1.